The van der Waals surface area contributed by atoms with Gasteiger partial charge in [-0.3, -0.25) is 0 Å². The van der Waals surface area contributed by atoms with Gasteiger partial charge in [0.2, 0.25) is 11.8 Å². The van der Waals surface area contributed by atoms with Gasteiger partial charge in [0.1, 0.15) is 17.5 Å². The fraction of sp³-hybridized carbons (Fsp3) is 0.526. The lowest BCUT2D eigenvalue weighted by Gasteiger charge is -2.17. The van der Waals surface area contributed by atoms with Gasteiger partial charge in [0.25, 0.3) is 0 Å². The number of halogens is 3. The second-order valence-corrected chi connectivity index (χ2v) is 7.56. The second-order valence-electron chi connectivity index (χ2n) is 7.56. The van der Waals surface area contributed by atoms with Crippen molar-refractivity contribution in [2.45, 2.75) is 31.9 Å². The minimum atomic E-state index is -4.46. The van der Waals surface area contributed by atoms with Crippen LogP contribution in [0.2, 0.25) is 0 Å². The monoisotopic (exact) mass is 404 g/mol. The summed E-state index contributed by atoms with van der Waals surface area (Å²) in [5, 5.41) is 9.26. The summed E-state index contributed by atoms with van der Waals surface area (Å²) in [5.74, 6) is 1.94. The molecule has 4 rings (SSSR count). The van der Waals surface area contributed by atoms with Crippen LogP contribution in [0.25, 0.3) is 0 Å². The zero-order chi connectivity index (χ0) is 20.6. The Morgan fingerprint density at radius 1 is 1.17 bits per heavy atom. The van der Waals surface area contributed by atoms with E-state index in [2.05, 4.69) is 19.9 Å². The van der Waals surface area contributed by atoms with Crippen LogP contribution < -0.4 is 9.64 Å². The number of rotatable bonds is 5. The van der Waals surface area contributed by atoms with Crippen LogP contribution in [0.3, 0.4) is 0 Å². The summed E-state index contributed by atoms with van der Waals surface area (Å²) in [5.41, 5.74) is -0.574. The van der Waals surface area contributed by atoms with Crippen molar-refractivity contribution in [2.24, 2.45) is 11.8 Å². The first-order chi connectivity index (χ1) is 13.8. The smallest absolute Gasteiger partial charge is 0.419 e. The summed E-state index contributed by atoms with van der Waals surface area (Å²) < 4.78 is 43.9. The molecule has 0 amide bonds. The first kappa shape index (κ1) is 19.4. The van der Waals surface area contributed by atoms with Gasteiger partial charge < -0.3 is 9.64 Å². The summed E-state index contributed by atoms with van der Waals surface area (Å²) in [6.45, 7) is 3.55. The van der Waals surface area contributed by atoms with Crippen molar-refractivity contribution >= 4 is 5.95 Å². The van der Waals surface area contributed by atoms with E-state index in [9.17, 15) is 18.4 Å². The number of hydrogen-bond donors (Lipinski definition) is 0. The van der Waals surface area contributed by atoms with Gasteiger partial charge in [-0.2, -0.15) is 23.4 Å². The van der Waals surface area contributed by atoms with Gasteiger partial charge >= 0.3 is 6.18 Å². The fourth-order valence-corrected chi connectivity index (χ4v) is 3.34. The molecular formula is C19H19F3N6O. The molecule has 29 heavy (non-hydrogen) atoms. The van der Waals surface area contributed by atoms with Gasteiger partial charge in [0, 0.05) is 37.3 Å². The molecule has 2 atom stereocenters. The Morgan fingerprint density at radius 3 is 2.52 bits per heavy atom. The van der Waals surface area contributed by atoms with Crippen LogP contribution in [-0.2, 0) is 6.18 Å². The standard InChI is InChI=1S/C19H19F3N6O/c1-11-8-28(18-25-6-15(7-26-18)19(20,21)22)9-14(11)10-29-17-13(4-23)5-24-16(27-17)12-2-3-12/h5-7,11-12,14H,2-3,8-10H2,1H3. The van der Waals surface area contributed by atoms with Crippen molar-refractivity contribution in [1.82, 2.24) is 19.9 Å². The van der Waals surface area contributed by atoms with Gasteiger partial charge in [-0.15, -0.1) is 0 Å². The second kappa shape index (κ2) is 7.46. The summed E-state index contributed by atoms with van der Waals surface area (Å²) in [4.78, 5) is 18.2. The van der Waals surface area contributed by atoms with Crippen molar-refractivity contribution in [3.63, 3.8) is 0 Å². The third-order valence-corrected chi connectivity index (χ3v) is 5.29. The molecule has 1 saturated heterocycles. The van der Waals surface area contributed by atoms with E-state index >= 15 is 0 Å². The minimum Gasteiger partial charge on any atom is -0.476 e. The molecular weight excluding hydrogens is 385 g/mol. The first-order valence-electron chi connectivity index (χ1n) is 9.39. The average molecular weight is 404 g/mol. The van der Waals surface area contributed by atoms with E-state index in [-0.39, 0.29) is 17.8 Å². The van der Waals surface area contributed by atoms with Crippen LogP contribution in [0.4, 0.5) is 19.1 Å². The highest BCUT2D eigenvalue weighted by Gasteiger charge is 2.34. The maximum absolute atomic E-state index is 12.7. The molecule has 0 N–H and O–H groups in total. The summed E-state index contributed by atoms with van der Waals surface area (Å²) in [6, 6.07) is 2.05. The van der Waals surface area contributed by atoms with E-state index < -0.39 is 11.7 Å². The lowest BCUT2D eigenvalue weighted by Crippen LogP contribution is -2.24. The Morgan fingerprint density at radius 2 is 1.90 bits per heavy atom. The number of anilines is 1. The lowest BCUT2D eigenvalue weighted by atomic mass is 9.99. The molecule has 0 aromatic carbocycles. The van der Waals surface area contributed by atoms with Crippen molar-refractivity contribution in [1.29, 1.82) is 5.26 Å². The lowest BCUT2D eigenvalue weighted by molar-refractivity contribution is -0.138. The quantitative estimate of drug-likeness (QED) is 0.756. The Bertz CT molecular complexity index is 923. The fourth-order valence-electron chi connectivity index (χ4n) is 3.34. The van der Waals surface area contributed by atoms with E-state index in [1.54, 1.807) is 0 Å². The van der Waals surface area contributed by atoms with Gasteiger partial charge in [-0.1, -0.05) is 6.92 Å². The topological polar surface area (TPSA) is 87.8 Å². The predicted molar refractivity (Wildman–Crippen MR) is 96.1 cm³/mol. The van der Waals surface area contributed by atoms with Gasteiger partial charge in [-0.25, -0.2) is 15.0 Å². The summed E-state index contributed by atoms with van der Waals surface area (Å²) in [7, 11) is 0. The summed E-state index contributed by atoms with van der Waals surface area (Å²) in [6.07, 6.45) is 0.742. The molecule has 0 radical (unpaired) electrons. The number of aromatic nitrogens is 4. The van der Waals surface area contributed by atoms with E-state index in [1.807, 2.05) is 17.9 Å². The third kappa shape index (κ3) is 4.23. The molecule has 3 heterocycles. The zero-order valence-electron chi connectivity index (χ0n) is 15.7. The van der Waals surface area contributed by atoms with Gasteiger partial charge in [0.05, 0.1) is 18.4 Å². The van der Waals surface area contributed by atoms with Crippen molar-refractivity contribution in [2.75, 3.05) is 24.6 Å². The zero-order valence-corrected chi connectivity index (χ0v) is 15.7. The van der Waals surface area contributed by atoms with E-state index in [1.165, 1.54) is 6.20 Å². The molecule has 7 nitrogen and oxygen atoms in total. The predicted octanol–water partition coefficient (Wildman–Crippen LogP) is 3.19. The van der Waals surface area contributed by atoms with Crippen LogP contribution in [0.15, 0.2) is 18.6 Å². The van der Waals surface area contributed by atoms with Gasteiger partial charge in [-0.05, 0) is 18.8 Å². The van der Waals surface area contributed by atoms with Crippen LogP contribution >= 0.6 is 0 Å². The van der Waals surface area contributed by atoms with Crippen LogP contribution in [0.1, 0.15) is 42.6 Å². The Labute approximate surface area is 165 Å². The average Bonchev–Trinajstić information content (AvgIpc) is 3.48. The van der Waals surface area contributed by atoms with Crippen molar-refractivity contribution < 1.29 is 17.9 Å². The molecule has 0 bridgehead atoms. The van der Waals surface area contributed by atoms with E-state index in [0.29, 0.717) is 42.9 Å². The minimum absolute atomic E-state index is 0.103. The van der Waals surface area contributed by atoms with E-state index in [0.717, 1.165) is 25.2 Å². The first-order valence-corrected chi connectivity index (χ1v) is 9.39. The highest BCUT2D eigenvalue weighted by atomic mass is 19.4. The molecule has 2 unspecified atom stereocenters. The number of ether oxygens (including phenoxy) is 1. The van der Waals surface area contributed by atoms with Crippen LogP contribution in [-0.4, -0.2) is 39.6 Å². The van der Waals surface area contributed by atoms with Crippen molar-refractivity contribution in [3.8, 4) is 11.9 Å². The molecule has 1 aliphatic heterocycles. The third-order valence-electron chi connectivity index (χ3n) is 5.29. The summed E-state index contributed by atoms with van der Waals surface area (Å²) >= 11 is 0. The molecule has 1 aliphatic carbocycles. The largest absolute Gasteiger partial charge is 0.476 e. The molecule has 2 aromatic rings. The number of alkyl halides is 3. The van der Waals surface area contributed by atoms with E-state index in [4.69, 9.17) is 4.74 Å². The normalized spacial score (nSPS) is 21.8. The SMILES string of the molecule is CC1CN(c2ncc(C(F)(F)F)cn2)CC1COc1nc(C2CC2)ncc1C#N. The Kier molecular flexibility index (Phi) is 4.98. The molecule has 2 fully saturated rings. The maximum Gasteiger partial charge on any atom is 0.419 e. The van der Waals surface area contributed by atoms with Crippen molar-refractivity contribution in [3.05, 3.63) is 35.5 Å². The number of nitriles is 1. The molecule has 2 aliphatic rings. The maximum atomic E-state index is 12.7. The van der Waals surface area contributed by atoms with Crippen LogP contribution in [0.5, 0.6) is 5.88 Å². The highest BCUT2D eigenvalue weighted by Crippen LogP contribution is 2.38. The highest BCUT2D eigenvalue weighted by molar-refractivity contribution is 5.37. The van der Waals surface area contributed by atoms with Crippen LogP contribution in [0, 0.1) is 23.2 Å². The number of nitrogens with zero attached hydrogens (tertiary/aromatic N) is 6. The molecule has 2 aromatic heterocycles. The molecule has 0 spiro atoms. The molecule has 1 saturated carbocycles. The Hall–Kier alpha value is -2.96. The van der Waals surface area contributed by atoms with Gasteiger partial charge in [0.15, 0.2) is 0 Å². The Balaban J connectivity index is 1.41. The number of hydrogen-bond acceptors (Lipinski definition) is 7. The molecule has 152 valence electrons. The molecule has 10 heteroatoms.